The molecule has 2 amide bonds. The SMILES string of the molecule is Cc1cc(Cc2ccc(N3CCCC3=O)cc2)c(C)c(Cl)c1OCCNC=O. The van der Waals surface area contributed by atoms with Crippen molar-refractivity contribution in [2.24, 2.45) is 0 Å². The number of amides is 2. The molecule has 2 aromatic rings. The average molecular weight is 401 g/mol. The molecule has 0 radical (unpaired) electrons. The van der Waals surface area contributed by atoms with E-state index < -0.39 is 0 Å². The van der Waals surface area contributed by atoms with E-state index in [2.05, 4.69) is 23.5 Å². The number of nitrogens with one attached hydrogen (secondary N) is 1. The van der Waals surface area contributed by atoms with Crippen LogP contribution in [0.1, 0.15) is 35.1 Å². The first-order valence-corrected chi connectivity index (χ1v) is 9.86. The van der Waals surface area contributed by atoms with Crippen LogP contribution in [-0.2, 0) is 16.0 Å². The third-order valence-electron chi connectivity index (χ3n) is 5.05. The Morgan fingerprint density at radius 2 is 2.00 bits per heavy atom. The topological polar surface area (TPSA) is 58.6 Å². The molecule has 2 aromatic carbocycles. The van der Waals surface area contributed by atoms with E-state index >= 15 is 0 Å². The summed E-state index contributed by atoms with van der Waals surface area (Å²) >= 11 is 6.55. The zero-order valence-corrected chi connectivity index (χ0v) is 17.0. The van der Waals surface area contributed by atoms with Crippen molar-refractivity contribution in [3.63, 3.8) is 0 Å². The number of ether oxygens (including phenoxy) is 1. The molecule has 0 spiro atoms. The molecule has 0 atom stereocenters. The highest BCUT2D eigenvalue weighted by atomic mass is 35.5. The van der Waals surface area contributed by atoms with Crippen LogP contribution in [-0.4, -0.2) is 32.0 Å². The Balaban J connectivity index is 1.73. The summed E-state index contributed by atoms with van der Waals surface area (Å²) in [6.07, 6.45) is 2.97. The molecule has 1 aliphatic heterocycles. The van der Waals surface area contributed by atoms with Gasteiger partial charge in [0.05, 0.1) is 11.6 Å². The van der Waals surface area contributed by atoms with Crippen LogP contribution in [0.3, 0.4) is 0 Å². The monoisotopic (exact) mass is 400 g/mol. The van der Waals surface area contributed by atoms with Gasteiger partial charge in [0.25, 0.3) is 0 Å². The molecule has 1 fully saturated rings. The summed E-state index contributed by atoms with van der Waals surface area (Å²) in [5.41, 5.74) is 5.23. The molecule has 0 bridgehead atoms. The van der Waals surface area contributed by atoms with Gasteiger partial charge in [-0.25, -0.2) is 0 Å². The molecule has 1 heterocycles. The fourth-order valence-electron chi connectivity index (χ4n) is 3.49. The molecule has 1 aliphatic rings. The van der Waals surface area contributed by atoms with E-state index in [-0.39, 0.29) is 5.91 Å². The second-order valence-corrected chi connectivity index (χ2v) is 7.41. The van der Waals surface area contributed by atoms with Crippen LogP contribution in [0.2, 0.25) is 5.02 Å². The molecule has 6 heteroatoms. The zero-order chi connectivity index (χ0) is 20.1. The van der Waals surface area contributed by atoms with Crippen molar-refractivity contribution in [3.8, 4) is 5.75 Å². The fourth-order valence-corrected chi connectivity index (χ4v) is 3.81. The molecule has 0 aromatic heterocycles. The minimum atomic E-state index is 0.199. The van der Waals surface area contributed by atoms with Gasteiger partial charge in [-0.1, -0.05) is 29.8 Å². The second-order valence-electron chi connectivity index (χ2n) is 7.03. The zero-order valence-electron chi connectivity index (χ0n) is 16.3. The third kappa shape index (κ3) is 4.47. The van der Waals surface area contributed by atoms with Crippen molar-refractivity contribution < 1.29 is 14.3 Å². The van der Waals surface area contributed by atoms with Gasteiger partial charge in [-0.05, 0) is 61.1 Å². The average Bonchev–Trinajstić information content (AvgIpc) is 3.12. The number of anilines is 1. The Kier molecular flexibility index (Phi) is 6.57. The number of nitrogens with zero attached hydrogens (tertiary/aromatic N) is 1. The number of benzene rings is 2. The molecule has 0 unspecified atom stereocenters. The highest BCUT2D eigenvalue weighted by Gasteiger charge is 2.21. The van der Waals surface area contributed by atoms with Crippen molar-refractivity contribution in [1.29, 1.82) is 0 Å². The van der Waals surface area contributed by atoms with Crippen LogP contribution < -0.4 is 15.0 Å². The maximum atomic E-state index is 11.9. The second kappa shape index (κ2) is 9.11. The summed E-state index contributed by atoms with van der Waals surface area (Å²) in [5, 5.41) is 3.18. The Bertz CT molecular complexity index is 865. The minimum absolute atomic E-state index is 0.199. The van der Waals surface area contributed by atoms with Gasteiger partial charge in [-0.3, -0.25) is 9.59 Å². The summed E-state index contributed by atoms with van der Waals surface area (Å²) in [6, 6.07) is 10.3. The lowest BCUT2D eigenvalue weighted by Gasteiger charge is -2.18. The Labute approximate surface area is 170 Å². The predicted octanol–water partition coefficient (Wildman–Crippen LogP) is 3.80. The predicted molar refractivity (Wildman–Crippen MR) is 111 cm³/mol. The van der Waals surface area contributed by atoms with Crippen molar-refractivity contribution in [2.75, 3.05) is 24.6 Å². The van der Waals surface area contributed by atoms with Gasteiger partial charge >= 0.3 is 0 Å². The fraction of sp³-hybridized carbons (Fsp3) is 0.364. The van der Waals surface area contributed by atoms with Crippen LogP contribution in [0.15, 0.2) is 30.3 Å². The van der Waals surface area contributed by atoms with Crippen molar-refractivity contribution in [1.82, 2.24) is 5.32 Å². The van der Waals surface area contributed by atoms with Gasteiger partial charge < -0.3 is 15.0 Å². The lowest BCUT2D eigenvalue weighted by atomic mass is 9.97. The van der Waals surface area contributed by atoms with Crippen LogP contribution in [0.5, 0.6) is 5.75 Å². The van der Waals surface area contributed by atoms with E-state index in [9.17, 15) is 9.59 Å². The Hall–Kier alpha value is -2.53. The third-order valence-corrected chi connectivity index (χ3v) is 5.51. The van der Waals surface area contributed by atoms with E-state index in [1.54, 1.807) is 0 Å². The molecular formula is C22H25ClN2O3. The van der Waals surface area contributed by atoms with E-state index in [4.69, 9.17) is 16.3 Å². The quantitative estimate of drug-likeness (QED) is 0.541. The van der Waals surface area contributed by atoms with Gasteiger partial charge in [-0.15, -0.1) is 0 Å². The Morgan fingerprint density at radius 3 is 2.64 bits per heavy atom. The largest absolute Gasteiger partial charge is 0.490 e. The lowest BCUT2D eigenvalue weighted by Crippen LogP contribution is -2.23. The normalized spacial score (nSPS) is 13.7. The van der Waals surface area contributed by atoms with Gasteiger partial charge in [-0.2, -0.15) is 0 Å². The number of halogens is 1. The van der Waals surface area contributed by atoms with Crippen LogP contribution in [0, 0.1) is 13.8 Å². The van der Waals surface area contributed by atoms with Gasteiger partial charge in [0.1, 0.15) is 12.4 Å². The van der Waals surface area contributed by atoms with Crippen molar-refractivity contribution in [3.05, 3.63) is 57.6 Å². The molecule has 148 valence electrons. The molecule has 5 nitrogen and oxygen atoms in total. The molecule has 1 saturated heterocycles. The summed E-state index contributed by atoms with van der Waals surface area (Å²) in [5.74, 6) is 0.864. The summed E-state index contributed by atoms with van der Waals surface area (Å²) in [4.78, 5) is 24.1. The molecule has 1 N–H and O–H groups in total. The summed E-state index contributed by atoms with van der Waals surface area (Å²) in [7, 11) is 0. The molecular weight excluding hydrogens is 376 g/mol. The first kappa shape index (κ1) is 20.2. The lowest BCUT2D eigenvalue weighted by molar-refractivity contribution is -0.117. The number of aryl methyl sites for hydroxylation is 1. The molecule has 0 saturated carbocycles. The van der Waals surface area contributed by atoms with Crippen LogP contribution in [0.4, 0.5) is 5.69 Å². The highest BCUT2D eigenvalue weighted by Crippen LogP contribution is 2.35. The summed E-state index contributed by atoms with van der Waals surface area (Å²) < 4.78 is 5.75. The van der Waals surface area contributed by atoms with Crippen LogP contribution in [0.25, 0.3) is 0 Å². The van der Waals surface area contributed by atoms with Gasteiger partial charge in [0, 0.05) is 18.7 Å². The number of rotatable bonds is 8. The number of carbonyl (C=O) groups is 2. The van der Waals surface area contributed by atoms with Gasteiger partial charge in [0.2, 0.25) is 12.3 Å². The first-order chi connectivity index (χ1) is 13.5. The Morgan fingerprint density at radius 1 is 1.25 bits per heavy atom. The van der Waals surface area contributed by atoms with Crippen molar-refractivity contribution >= 4 is 29.6 Å². The minimum Gasteiger partial charge on any atom is -0.490 e. The smallest absolute Gasteiger partial charge is 0.227 e. The number of hydrogen-bond acceptors (Lipinski definition) is 3. The first-order valence-electron chi connectivity index (χ1n) is 9.49. The van der Waals surface area contributed by atoms with Crippen molar-refractivity contribution in [2.45, 2.75) is 33.1 Å². The molecule has 28 heavy (non-hydrogen) atoms. The maximum Gasteiger partial charge on any atom is 0.227 e. The number of carbonyl (C=O) groups excluding carboxylic acids is 2. The van der Waals surface area contributed by atoms with E-state index in [1.807, 2.05) is 30.9 Å². The standard InChI is InChI=1S/C22H25ClN2O3/c1-15-12-18(16(2)21(23)22(15)28-11-9-24-14-26)13-17-5-7-19(8-6-17)25-10-3-4-20(25)27/h5-8,12,14H,3-4,9-11,13H2,1-2H3,(H,24,26). The van der Waals surface area contributed by atoms with E-state index in [0.717, 1.165) is 47.3 Å². The molecule has 0 aliphatic carbocycles. The maximum absolute atomic E-state index is 11.9. The van der Waals surface area contributed by atoms with E-state index in [1.165, 1.54) is 0 Å². The van der Waals surface area contributed by atoms with E-state index in [0.29, 0.717) is 36.8 Å². The number of hydrogen-bond donors (Lipinski definition) is 1. The van der Waals surface area contributed by atoms with Crippen LogP contribution >= 0.6 is 11.6 Å². The highest BCUT2D eigenvalue weighted by molar-refractivity contribution is 6.33. The summed E-state index contributed by atoms with van der Waals surface area (Å²) in [6.45, 7) is 5.57. The molecule has 3 rings (SSSR count). The van der Waals surface area contributed by atoms with Gasteiger partial charge in [0.15, 0.2) is 0 Å².